The van der Waals surface area contributed by atoms with Crippen LogP contribution >= 0.6 is 0 Å². The number of aliphatic hydroxyl groups is 1. The minimum absolute atomic E-state index is 0.0864. The second-order valence-electron chi connectivity index (χ2n) is 2.93. The molecule has 84 valence electrons. The molecule has 16 heavy (non-hydrogen) atoms. The first-order valence-corrected chi connectivity index (χ1v) is 4.59. The average molecular weight is 220 g/mol. The van der Waals surface area contributed by atoms with Gasteiger partial charge in [0, 0.05) is 5.92 Å². The summed E-state index contributed by atoms with van der Waals surface area (Å²) < 4.78 is 9.47. The largest absolute Gasteiger partial charge is 0.495 e. The van der Waals surface area contributed by atoms with E-state index in [0.717, 1.165) is 0 Å². The Morgan fingerprint density at radius 2 is 2.19 bits per heavy atom. The van der Waals surface area contributed by atoms with E-state index in [1.807, 2.05) is 0 Å². The van der Waals surface area contributed by atoms with Gasteiger partial charge in [-0.15, -0.1) is 0 Å². The molecule has 0 radical (unpaired) electrons. The monoisotopic (exact) mass is 220 g/mol. The topological polar surface area (TPSA) is 55.8 Å². The number of carbonyl (C=O) groups excluding carboxylic acids is 1. The molecule has 0 aliphatic heterocycles. The van der Waals surface area contributed by atoms with Gasteiger partial charge < -0.3 is 14.6 Å². The molecular weight excluding hydrogens is 208 g/mol. The van der Waals surface area contributed by atoms with E-state index in [0.29, 0.717) is 16.9 Å². The Kier molecular flexibility index (Phi) is 4.37. The van der Waals surface area contributed by atoms with Crippen LogP contribution in [0.2, 0.25) is 0 Å². The molecule has 0 aromatic heterocycles. The van der Waals surface area contributed by atoms with Crippen LogP contribution in [0, 0.1) is 11.8 Å². The van der Waals surface area contributed by atoms with Crippen LogP contribution in [0.1, 0.15) is 11.1 Å². The standard InChI is InChI=1S/C12H12O4/c1-15-11-5-3-9(8-13)7-10(11)4-6-12(14)16-2/h3,5,7,13H,8H2,1-2H3. The minimum Gasteiger partial charge on any atom is -0.495 e. The molecule has 0 aliphatic carbocycles. The van der Waals surface area contributed by atoms with Crippen molar-refractivity contribution in [3.05, 3.63) is 29.3 Å². The molecule has 0 aliphatic rings. The van der Waals surface area contributed by atoms with Crippen LogP contribution in [0.25, 0.3) is 0 Å². The Labute approximate surface area is 93.8 Å². The number of hydrogen-bond donors (Lipinski definition) is 1. The van der Waals surface area contributed by atoms with E-state index in [1.165, 1.54) is 14.2 Å². The molecule has 0 unspecified atom stereocenters. The number of aliphatic hydroxyl groups excluding tert-OH is 1. The van der Waals surface area contributed by atoms with Gasteiger partial charge in [0.25, 0.3) is 0 Å². The molecule has 1 aromatic rings. The normalized spacial score (nSPS) is 8.94. The summed E-state index contributed by atoms with van der Waals surface area (Å²) in [4.78, 5) is 10.9. The summed E-state index contributed by atoms with van der Waals surface area (Å²) in [7, 11) is 2.77. The number of benzene rings is 1. The highest BCUT2D eigenvalue weighted by molar-refractivity contribution is 5.89. The lowest BCUT2D eigenvalue weighted by atomic mass is 10.1. The third-order valence-electron chi connectivity index (χ3n) is 1.93. The number of methoxy groups -OCH3 is 2. The molecule has 0 atom stereocenters. The zero-order valence-corrected chi connectivity index (χ0v) is 9.11. The number of carbonyl (C=O) groups is 1. The van der Waals surface area contributed by atoms with Gasteiger partial charge in [-0.1, -0.05) is 12.0 Å². The summed E-state index contributed by atoms with van der Waals surface area (Å²) in [6.45, 7) is -0.0864. The first-order chi connectivity index (χ1) is 7.71. The maximum absolute atomic E-state index is 10.9. The molecule has 0 bridgehead atoms. The first kappa shape index (κ1) is 12.1. The number of hydrogen-bond acceptors (Lipinski definition) is 4. The number of ether oxygens (including phenoxy) is 2. The van der Waals surface area contributed by atoms with Crippen molar-refractivity contribution in [1.29, 1.82) is 0 Å². The van der Waals surface area contributed by atoms with Crippen molar-refractivity contribution in [3.8, 4) is 17.6 Å². The highest BCUT2D eigenvalue weighted by Gasteiger charge is 2.02. The van der Waals surface area contributed by atoms with Crippen LogP contribution < -0.4 is 4.74 Å². The Bertz CT molecular complexity index is 440. The van der Waals surface area contributed by atoms with Crippen LogP contribution in [0.3, 0.4) is 0 Å². The van der Waals surface area contributed by atoms with E-state index < -0.39 is 5.97 Å². The Balaban J connectivity index is 3.07. The molecule has 4 nitrogen and oxygen atoms in total. The number of esters is 1. The van der Waals surface area contributed by atoms with Gasteiger partial charge in [0.1, 0.15) is 5.75 Å². The lowest BCUT2D eigenvalue weighted by Crippen LogP contribution is -1.96. The third kappa shape index (κ3) is 3.01. The van der Waals surface area contributed by atoms with Gasteiger partial charge in [-0.2, -0.15) is 0 Å². The van der Waals surface area contributed by atoms with Crippen molar-refractivity contribution >= 4 is 5.97 Å². The van der Waals surface area contributed by atoms with Crippen molar-refractivity contribution in [2.45, 2.75) is 6.61 Å². The fourth-order valence-corrected chi connectivity index (χ4v) is 1.12. The quantitative estimate of drug-likeness (QED) is 0.589. The van der Waals surface area contributed by atoms with Gasteiger partial charge in [0.2, 0.25) is 0 Å². The zero-order valence-electron chi connectivity index (χ0n) is 9.11. The molecule has 0 spiro atoms. The Morgan fingerprint density at radius 3 is 2.75 bits per heavy atom. The van der Waals surface area contributed by atoms with Gasteiger partial charge in [0.15, 0.2) is 0 Å². The maximum Gasteiger partial charge on any atom is 0.384 e. The fourth-order valence-electron chi connectivity index (χ4n) is 1.12. The summed E-state index contributed by atoms with van der Waals surface area (Å²) in [6, 6.07) is 5.07. The molecular formula is C12H12O4. The summed E-state index contributed by atoms with van der Waals surface area (Å²) in [5.74, 6) is 4.87. The predicted octanol–water partition coefficient (Wildman–Crippen LogP) is 0.712. The highest BCUT2D eigenvalue weighted by atomic mass is 16.5. The summed E-state index contributed by atoms with van der Waals surface area (Å²) >= 11 is 0. The van der Waals surface area contributed by atoms with E-state index in [-0.39, 0.29) is 6.61 Å². The van der Waals surface area contributed by atoms with Crippen molar-refractivity contribution in [2.75, 3.05) is 14.2 Å². The Morgan fingerprint density at radius 1 is 1.44 bits per heavy atom. The van der Waals surface area contributed by atoms with E-state index in [9.17, 15) is 4.79 Å². The molecule has 4 heteroatoms. The Hall–Kier alpha value is -1.99. The van der Waals surface area contributed by atoms with E-state index in [2.05, 4.69) is 16.6 Å². The average Bonchev–Trinajstić information content (AvgIpc) is 2.35. The van der Waals surface area contributed by atoms with Gasteiger partial charge in [-0.05, 0) is 17.7 Å². The van der Waals surface area contributed by atoms with Gasteiger partial charge in [0.05, 0.1) is 26.4 Å². The molecule has 0 saturated heterocycles. The molecule has 0 fully saturated rings. The molecule has 0 heterocycles. The maximum atomic E-state index is 10.9. The van der Waals surface area contributed by atoms with E-state index >= 15 is 0 Å². The van der Waals surface area contributed by atoms with Crippen LogP contribution in [0.5, 0.6) is 5.75 Å². The molecule has 0 saturated carbocycles. The van der Waals surface area contributed by atoms with Crippen molar-refractivity contribution in [3.63, 3.8) is 0 Å². The van der Waals surface area contributed by atoms with Crippen LogP contribution in [-0.4, -0.2) is 25.3 Å². The molecule has 1 N–H and O–H groups in total. The lowest BCUT2D eigenvalue weighted by Gasteiger charge is -2.04. The third-order valence-corrected chi connectivity index (χ3v) is 1.93. The summed E-state index contributed by atoms with van der Waals surface area (Å²) in [6.07, 6.45) is 0. The number of rotatable bonds is 2. The van der Waals surface area contributed by atoms with E-state index in [4.69, 9.17) is 9.84 Å². The molecule has 0 amide bonds. The van der Waals surface area contributed by atoms with Crippen molar-refractivity contribution in [2.24, 2.45) is 0 Å². The first-order valence-electron chi connectivity index (χ1n) is 4.59. The van der Waals surface area contributed by atoms with Crippen LogP contribution in [0.4, 0.5) is 0 Å². The minimum atomic E-state index is -0.614. The fraction of sp³-hybridized carbons (Fsp3) is 0.250. The van der Waals surface area contributed by atoms with Crippen molar-refractivity contribution < 1.29 is 19.4 Å². The van der Waals surface area contributed by atoms with Gasteiger partial charge >= 0.3 is 5.97 Å². The highest BCUT2D eigenvalue weighted by Crippen LogP contribution is 2.18. The summed E-state index contributed by atoms with van der Waals surface area (Å²) in [5.41, 5.74) is 1.24. The smallest absolute Gasteiger partial charge is 0.384 e. The second-order valence-corrected chi connectivity index (χ2v) is 2.93. The van der Waals surface area contributed by atoms with E-state index in [1.54, 1.807) is 18.2 Å². The summed E-state index contributed by atoms with van der Waals surface area (Å²) in [5, 5.41) is 8.97. The van der Waals surface area contributed by atoms with Crippen molar-refractivity contribution in [1.82, 2.24) is 0 Å². The molecule has 1 aromatic carbocycles. The predicted molar refractivity (Wildman–Crippen MR) is 57.8 cm³/mol. The van der Waals surface area contributed by atoms with Crippen LogP contribution in [-0.2, 0) is 16.1 Å². The van der Waals surface area contributed by atoms with Gasteiger partial charge in [-0.3, -0.25) is 0 Å². The van der Waals surface area contributed by atoms with Gasteiger partial charge in [-0.25, -0.2) is 4.79 Å². The zero-order chi connectivity index (χ0) is 12.0. The second kappa shape index (κ2) is 5.79. The SMILES string of the molecule is COC(=O)C#Cc1cc(CO)ccc1OC. The lowest BCUT2D eigenvalue weighted by molar-refractivity contribution is -0.133. The molecule has 1 rings (SSSR count). The van der Waals surface area contributed by atoms with Crippen LogP contribution in [0.15, 0.2) is 18.2 Å².